The first kappa shape index (κ1) is 12.1. The molecule has 1 amide bonds. The molecular formula is C11H14N4O4. The molecular weight excluding hydrogens is 252 g/mol. The number of aromatic nitrogens is 3. The van der Waals surface area contributed by atoms with Crippen molar-refractivity contribution in [2.45, 2.75) is 38.1 Å². The molecule has 102 valence electrons. The van der Waals surface area contributed by atoms with Gasteiger partial charge in [0.25, 0.3) is 5.91 Å². The molecule has 0 radical (unpaired) electrons. The van der Waals surface area contributed by atoms with E-state index in [1.807, 2.05) is 4.57 Å². The molecule has 1 saturated heterocycles. The highest BCUT2D eigenvalue weighted by molar-refractivity contribution is 5.82. The number of hydrogen-bond donors (Lipinski definition) is 1. The molecule has 2 aliphatic heterocycles. The van der Waals surface area contributed by atoms with Gasteiger partial charge in [0.2, 0.25) is 0 Å². The first-order valence-corrected chi connectivity index (χ1v) is 6.19. The monoisotopic (exact) mass is 266 g/mol. The molecule has 1 fully saturated rings. The molecule has 19 heavy (non-hydrogen) atoms. The van der Waals surface area contributed by atoms with Gasteiger partial charge in [-0.25, -0.2) is 4.79 Å². The van der Waals surface area contributed by atoms with E-state index in [0.717, 1.165) is 5.82 Å². The van der Waals surface area contributed by atoms with Crippen molar-refractivity contribution in [1.29, 1.82) is 0 Å². The molecule has 0 spiro atoms. The maximum atomic E-state index is 12.3. The Morgan fingerprint density at radius 1 is 1.32 bits per heavy atom. The fraction of sp³-hybridized carbons (Fsp3) is 0.636. The Labute approximate surface area is 109 Å². The summed E-state index contributed by atoms with van der Waals surface area (Å²) < 4.78 is 7.18. The second-order valence-electron chi connectivity index (χ2n) is 4.73. The Kier molecular flexibility index (Phi) is 2.94. The van der Waals surface area contributed by atoms with Crippen molar-refractivity contribution in [2.75, 3.05) is 6.54 Å². The van der Waals surface area contributed by atoms with Crippen LogP contribution in [0.2, 0.25) is 0 Å². The summed E-state index contributed by atoms with van der Waals surface area (Å²) in [5.74, 6) is -0.418. The van der Waals surface area contributed by atoms with Crippen LogP contribution in [0.15, 0.2) is 6.33 Å². The van der Waals surface area contributed by atoms with Crippen molar-refractivity contribution in [1.82, 2.24) is 19.7 Å². The summed E-state index contributed by atoms with van der Waals surface area (Å²) in [6, 6.07) is 0. The van der Waals surface area contributed by atoms with Gasteiger partial charge in [0.15, 0.2) is 11.9 Å². The lowest BCUT2D eigenvalue weighted by atomic mass is 10.1. The average Bonchev–Trinajstić information content (AvgIpc) is 3.06. The topological polar surface area (TPSA) is 97.6 Å². The number of rotatable bonds is 2. The van der Waals surface area contributed by atoms with Gasteiger partial charge in [0, 0.05) is 13.1 Å². The lowest BCUT2D eigenvalue weighted by Crippen LogP contribution is -2.43. The van der Waals surface area contributed by atoms with Gasteiger partial charge >= 0.3 is 5.97 Å². The highest BCUT2D eigenvalue weighted by atomic mass is 16.5. The number of aliphatic carboxylic acids is 1. The Bertz CT molecular complexity index is 515. The van der Waals surface area contributed by atoms with Gasteiger partial charge in [-0.1, -0.05) is 0 Å². The zero-order valence-electron chi connectivity index (χ0n) is 10.2. The molecule has 3 heterocycles. The number of nitrogens with zero attached hydrogens (tertiary/aromatic N) is 4. The summed E-state index contributed by atoms with van der Waals surface area (Å²) >= 11 is 0. The van der Waals surface area contributed by atoms with Gasteiger partial charge in [-0.15, -0.1) is 10.2 Å². The summed E-state index contributed by atoms with van der Waals surface area (Å²) in [6.45, 7) is 1.63. The summed E-state index contributed by atoms with van der Waals surface area (Å²) in [7, 11) is 0. The minimum Gasteiger partial charge on any atom is -0.479 e. The third-order valence-electron chi connectivity index (χ3n) is 3.52. The van der Waals surface area contributed by atoms with Gasteiger partial charge in [-0.3, -0.25) is 4.79 Å². The Morgan fingerprint density at radius 3 is 2.84 bits per heavy atom. The molecule has 0 bridgehead atoms. The number of hydrogen-bond acceptors (Lipinski definition) is 5. The number of carboxylic acid groups (broad SMARTS) is 1. The van der Waals surface area contributed by atoms with Crippen LogP contribution < -0.4 is 0 Å². The molecule has 2 aliphatic rings. The zero-order chi connectivity index (χ0) is 13.4. The standard InChI is InChI=1S/C11H14N4O4/c16-10(7-1-2-8(19-7)11(17)18)14-3-4-15-6-12-13-9(15)5-14/h6-8H,1-5H2,(H,17,18)/t7-,8+/m0/s1. The van der Waals surface area contributed by atoms with E-state index in [9.17, 15) is 9.59 Å². The Morgan fingerprint density at radius 2 is 2.11 bits per heavy atom. The highest BCUT2D eigenvalue weighted by Crippen LogP contribution is 2.23. The molecule has 8 nitrogen and oxygen atoms in total. The fourth-order valence-corrected chi connectivity index (χ4v) is 2.46. The van der Waals surface area contributed by atoms with E-state index >= 15 is 0 Å². The van der Waals surface area contributed by atoms with Crippen LogP contribution in [0.3, 0.4) is 0 Å². The fourth-order valence-electron chi connectivity index (χ4n) is 2.46. The molecule has 2 atom stereocenters. The normalized spacial score (nSPS) is 26.2. The second-order valence-corrected chi connectivity index (χ2v) is 4.73. The van der Waals surface area contributed by atoms with Gasteiger partial charge < -0.3 is 19.3 Å². The number of fused-ring (bicyclic) bond motifs is 1. The lowest BCUT2D eigenvalue weighted by Gasteiger charge is -2.29. The number of amides is 1. The third kappa shape index (κ3) is 2.19. The highest BCUT2D eigenvalue weighted by Gasteiger charge is 2.37. The number of ether oxygens (including phenoxy) is 1. The SMILES string of the molecule is O=C(O)[C@H]1CC[C@@H](C(=O)N2CCn3cnnc3C2)O1. The summed E-state index contributed by atoms with van der Waals surface area (Å²) in [6.07, 6.45) is 0.983. The maximum absolute atomic E-state index is 12.3. The predicted octanol–water partition coefficient (Wildman–Crippen LogP) is -0.748. The van der Waals surface area contributed by atoms with E-state index in [2.05, 4.69) is 10.2 Å². The molecule has 1 aromatic heterocycles. The van der Waals surface area contributed by atoms with Crippen molar-refractivity contribution >= 4 is 11.9 Å². The van der Waals surface area contributed by atoms with Crippen LogP contribution in [-0.2, 0) is 27.4 Å². The third-order valence-corrected chi connectivity index (χ3v) is 3.52. The summed E-state index contributed by atoms with van der Waals surface area (Å²) in [4.78, 5) is 24.7. The van der Waals surface area contributed by atoms with Crippen molar-refractivity contribution in [3.63, 3.8) is 0 Å². The number of carboxylic acids is 1. The molecule has 0 aliphatic carbocycles. The van der Waals surface area contributed by atoms with E-state index in [0.29, 0.717) is 32.5 Å². The maximum Gasteiger partial charge on any atom is 0.332 e. The van der Waals surface area contributed by atoms with Gasteiger partial charge in [0.1, 0.15) is 12.4 Å². The number of carbonyl (C=O) groups is 2. The second kappa shape index (κ2) is 4.61. The molecule has 1 aromatic rings. The first-order valence-electron chi connectivity index (χ1n) is 6.19. The van der Waals surface area contributed by atoms with Crippen molar-refractivity contribution in [2.24, 2.45) is 0 Å². The van der Waals surface area contributed by atoms with Crippen LogP contribution in [-0.4, -0.2) is 55.4 Å². The van der Waals surface area contributed by atoms with Crippen LogP contribution in [0, 0.1) is 0 Å². The lowest BCUT2D eigenvalue weighted by molar-refractivity contribution is -0.155. The van der Waals surface area contributed by atoms with Crippen molar-refractivity contribution < 1.29 is 19.4 Å². The van der Waals surface area contributed by atoms with Crippen LogP contribution in [0.1, 0.15) is 18.7 Å². The smallest absolute Gasteiger partial charge is 0.332 e. The van der Waals surface area contributed by atoms with Gasteiger partial charge in [-0.05, 0) is 12.8 Å². The van der Waals surface area contributed by atoms with E-state index in [1.54, 1.807) is 11.2 Å². The van der Waals surface area contributed by atoms with Crippen LogP contribution in [0.4, 0.5) is 0 Å². The van der Waals surface area contributed by atoms with Crippen LogP contribution >= 0.6 is 0 Å². The van der Waals surface area contributed by atoms with E-state index in [-0.39, 0.29) is 5.91 Å². The molecule has 0 saturated carbocycles. The van der Waals surface area contributed by atoms with Gasteiger partial charge in [0.05, 0.1) is 6.54 Å². The molecule has 0 aromatic carbocycles. The van der Waals surface area contributed by atoms with Gasteiger partial charge in [-0.2, -0.15) is 0 Å². The van der Waals surface area contributed by atoms with Crippen LogP contribution in [0.25, 0.3) is 0 Å². The Hall–Kier alpha value is -1.96. The van der Waals surface area contributed by atoms with E-state index in [4.69, 9.17) is 9.84 Å². The summed E-state index contributed by atoms with van der Waals surface area (Å²) in [5, 5.41) is 16.6. The van der Waals surface area contributed by atoms with Crippen LogP contribution in [0.5, 0.6) is 0 Å². The van der Waals surface area contributed by atoms with E-state index < -0.39 is 18.2 Å². The molecule has 1 N–H and O–H groups in total. The Balaban J connectivity index is 1.65. The molecule has 0 unspecified atom stereocenters. The first-order chi connectivity index (χ1) is 9.15. The average molecular weight is 266 g/mol. The molecule has 8 heteroatoms. The van der Waals surface area contributed by atoms with E-state index in [1.165, 1.54) is 0 Å². The summed E-state index contributed by atoms with van der Waals surface area (Å²) in [5.41, 5.74) is 0. The minimum atomic E-state index is -1.01. The van der Waals surface area contributed by atoms with Crippen molar-refractivity contribution in [3.8, 4) is 0 Å². The van der Waals surface area contributed by atoms with Crippen molar-refractivity contribution in [3.05, 3.63) is 12.2 Å². The quantitative estimate of drug-likeness (QED) is 0.756. The number of carbonyl (C=O) groups excluding carboxylic acids is 1. The zero-order valence-corrected chi connectivity index (χ0v) is 10.2. The predicted molar refractivity (Wildman–Crippen MR) is 61.0 cm³/mol. The minimum absolute atomic E-state index is 0.155. The largest absolute Gasteiger partial charge is 0.479 e. The molecule has 3 rings (SSSR count).